The average Bonchev–Trinajstić information content (AvgIpc) is 3.16. The van der Waals surface area contributed by atoms with Gasteiger partial charge >= 0.3 is 0 Å². The zero-order valence-corrected chi connectivity index (χ0v) is 13.6. The van der Waals surface area contributed by atoms with E-state index in [9.17, 15) is 4.79 Å². The Labute approximate surface area is 130 Å². The van der Waals surface area contributed by atoms with Crippen molar-refractivity contribution in [1.82, 2.24) is 24.6 Å². The summed E-state index contributed by atoms with van der Waals surface area (Å²) in [5.74, 6) is 1.57. The molecule has 6 nitrogen and oxygen atoms in total. The molecule has 6 heteroatoms. The molecule has 1 aliphatic rings. The highest BCUT2D eigenvalue weighted by Crippen LogP contribution is 2.31. The molecular formula is C16H23N5O. The summed E-state index contributed by atoms with van der Waals surface area (Å²) in [4.78, 5) is 19.1. The van der Waals surface area contributed by atoms with Crippen LogP contribution < -0.4 is 0 Å². The molecule has 1 amide bonds. The quantitative estimate of drug-likeness (QED) is 0.927. The standard InChI is InChI=1S/C16H23N5O/c1-11-17-14(19-18-11)13-6-5-8-21(13)15(22)12-7-9-20(10-12)16(2,3)4/h7,9-10,13H,5-6,8H2,1-4H3,(H,17,18,19)/t13-/m0/s1. The summed E-state index contributed by atoms with van der Waals surface area (Å²) in [5, 5.41) is 7.10. The highest BCUT2D eigenvalue weighted by molar-refractivity contribution is 5.94. The molecule has 2 aromatic heterocycles. The number of aryl methyl sites for hydroxylation is 1. The number of carbonyl (C=O) groups is 1. The molecule has 0 aromatic carbocycles. The second-order valence-corrected chi connectivity index (χ2v) is 6.91. The third-order valence-corrected chi connectivity index (χ3v) is 4.14. The molecule has 0 spiro atoms. The monoisotopic (exact) mass is 301 g/mol. The number of hydrogen-bond acceptors (Lipinski definition) is 3. The van der Waals surface area contributed by atoms with Crippen molar-refractivity contribution in [2.75, 3.05) is 6.54 Å². The third kappa shape index (κ3) is 2.65. The lowest BCUT2D eigenvalue weighted by Crippen LogP contribution is -2.31. The minimum absolute atomic E-state index is 0.0181. The second-order valence-electron chi connectivity index (χ2n) is 6.91. The maximum absolute atomic E-state index is 12.8. The van der Waals surface area contributed by atoms with Crippen LogP contribution in [-0.2, 0) is 5.54 Å². The molecule has 1 aliphatic heterocycles. The van der Waals surface area contributed by atoms with E-state index in [1.54, 1.807) is 0 Å². The number of amides is 1. The van der Waals surface area contributed by atoms with Crippen LogP contribution in [0.2, 0.25) is 0 Å². The third-order valence-electron chi connectivity index (χ3n) is 4.14. The second kappa shape index (κ2) is 5.26. The maximum Gasteiger partial charge on any atom is 0.256 e. The van der Waals surface area contributed by atoms with E-state index in [1.807, 2.05) is 30.3 Å². The van der Waals surface area contributed by atoms with Crippen molar-refractivity contribution in [1.29, 1.82) is 0 Å². The van der Waals surface area contributed by atoms with Gasteiger partial charge in [-0.2, -0.15) is 5.10 Å². The fourth-order valence-corrected chi connectivity index (χ4v) is 2.89. The van der Waals surface area contributed by atoms with E-state index in [0.29, 0.717) is 0 Å². The first kappa shape index (κ1) is 14.8. The Morgan fingerprint density at radius 2 is 2.18 bits per heavy atom. The van der Waals surface area contributed by atoms with Gasteiger partial charge in [0.15, 0.2) is 5.82 Å². The minimum Gasteiger partial charge on any atom is -0.348 e. The number of hydrogen-bond donors (Lipinski definition) is 1. The van der Waals surface area contributed by atoms with Gasteiger partial charge in [-0.3, -0.25) is 9.89 Å². The minimum atomic E-state index is -0.0240. The van der Waals surface area contributed by atoms with Crippen LogP contribution in [0.5, 0.6) is 0 Å². The number of H-pyrrole nitrogens is 1. The predicted octanol–water partition coefficient (Wildman–Crippen LogP) is 2.65. The van der Waals surface area contributed by atoms with Gasteiger partial charge in [0.25, 0.3) is 5.91 Å². The van der Waals surface area contributed by atoms with Crippen LogP contribution in [0, 0.1) is 6.92 Å². The molecule has 22 heavy (non-hydrogen) atoms. The molecule has 1 saturated heterocycles. The van der Waals surface area contributed by atoms with Crippen LogP contribution in [0.25, 0.3) is 0 Å². The van der Waals surface area contributed by atoms with Crippen molar-refractivity contribution in [3.05, 3.63) is 35.7 Å². The highest BCUT2D eigenvalue weighted by atomic mass is 16.2. The number of nitrogens with zero attached hydrogens (tertiary/aromatic N) is 4. The molecule has 1 fully saturated rings. The van der Waals surface area contributed by atoms with Crippen LogP contribution in [0.15, 0.2) is 18.5 Å². The summed E-state index contributed by atoms with van der Waals surface area (Å²) in [6.45, 7) is 9.00. The Bertz CT molecular complexity index is 679. The molecule has 3 rings (SSSR count). The van der Waals surface area contributed by atoms with Crippen LogP contribution in [0.1, 0.15) is 61.7 Å². The topological polar surface area (TPSA) is 66.8 Å². The largest absolute Gasteiger partial charge is 0.348 e. The Hall–Kier alpha value is -2.11. The summed E-state index contributed by atoms with van der Waals surface area (Å²) in [7, 11) is 0. The van der Waals surface area contributed by atoms with Gasteiger partial charge in [-0.25, -0.2) is 4.98 Å². The molecule has 0 aliphatic carbocycles. The van der Waals surface area contributed by atoms with E-state index in [-0.39, 0.29) is 17.5 Å². The van der Waals surface area contributed by atoms with Crippen molar-refractivity contribution in [2.45, 2.75) is 52.1 Å². The van der Waals surface area contributed by atoms with Crippen LogP contribution in [0.4, 0.5) is 0 Å². The number of likely N-dealkylation sites (tertiary alicyclic amines) is 1. The predicted molar refractivity (Wildman–Crippen MR) is 83.6 cm³/mol. The molecule has 1 atom stereocenters. The van der Waals surface area contributed by atoms with E-state index in [2.05, 4.69) is 40.5 Å². The normalized spacial score (nSPS) is 18.9. The van der Waals surface area contributed by atoms with Gasteiger partial charge < -0.3 is 9.47 Å². The number of carbonyl (C=O) groups excluding carboxylic acids is 1. The van der Waals surface area contributed by atoms with Crippen molar-refractivity contribution >= 4 is 5.91 Å². The first-order chi connectivity index (χ1) is 10.4. The zero-order valence-electron chi connectivity index (χ0n) is 13.6. The van der Waals surface area contributed by atoms with E-state index in [0.717, 1.165) is 36.6 Å². The Morgan fingerprint density at radius 1 is 1.41 bits per heavy atom. The van der Waals surface area contributed by atoms with Crippen molar-refractivity contribution in [3.8, 4) is 0 Å². The average molecular weight is 301 g/mol. The molecule has 0 radical (unpaired) electrons. The SMILES string of the molecule is Cc1nc([C@@H]2CCCN2C(=O)c2ccn(C(C)(C)C)c2)n[nH]1. The molecule has 3 heterocycles. The van der Waals surface area contributed by atoms with Gasteiger partial charge in [0.05, 0.1) is 11.6 Å². The Kier molecular flexibility index (Phi) is 3.54. The van der Waals surface area contributed by atoms with E-state index >= 15 is 0 Å². The molecule has 118 valence electrons. The van der Waals surface area contributed by atoms with E-state index < -0.39 is 0 Å². The molecular weight excluding hydrogens is 278 g/mol. The van der Waals surface area contributed by atoms with Gasteiger partial charge in [-0.1, -0.05) is 0 Å². The summed E-state index contributed by atoms with van der Waals surface area (Å²) < 4.78 is 2.07. The van der Waals surface area contributed by atoms with Gasteiger partial charge in [-0.05, 0) is 46.6 Å². The summed E-state index contributed by atoms with van der Waals surface area (Å²) >= 11 is 0. The van der Waals surface area contributed by atoms with E-state index in [4.69, 9.17) is 0 Å². The Morgan fingerprint density at radius 3 is 2.77 bits per heavy atom. The number of aromatic amines is 1. The van der Waals surface area contributed by atoms with Crippen molar-refractivity contribution in [3.63, 3.8) is 0 Å². The lowest BCUT2D eigenvalue weighted by atomic mass is 10.1. The fourth-order valence-electron chi connectivity index (χ4n) is 2.89. The van der Waals surface area contributed by atoms with Crippen molar-refractivity contribution in [2.24, 2.45) is 0 Å². The number of aromatic nitrogens is 4. The fraction of sp³-hybridized carbons (Fsp3) is 0.562. The van der Waals surface area contributed by atoms with E-state index in [1.165, 1.54) is 0 Å². The van der Waals surface area contributed by atoms with Gasteiger partial charge in [0.2, 0.25) is 0 Å². The molecule has 1 N–H and O–H groups in total. The van der Waals surface area contributed by atoms with Gasteiger partial charge in [0.1, 0.15) is 5.82 Å². The van der Waals surface area contributed by atoms with Crippen molar-refractivity contribution < 1.29 is 4.79 Å². The Balaban J connectivity index is 1.83. The first-order valence-corrected chi connectivity index (χ1v) is 7.74. The maximum atomic E-state index is 12.8. The van der Waals surface area contributed by atoms with Gasteiger partial charge in [-0.15, -0.1) is 0 Å². The molecule has 0 unspecified atom stereocenters. The summed E-state index contributed by atoms with van der Waals surface area (Å²) in [6.07, 6.45) is 5.81. The molecule has 0 bridgehead atoms. The first-order valence-electron chi connectivity index (χ1n) is 7.74. The van der Waals surface area contributed by atoms with Gasteiger partial charge in [0, 0.05) is 24.5 Å². The lowest BCUT2D eigenvalue weighted by Gasteiger charge is -2.23. The lowest BCUT2D eigenvalue weighted by molar-refractivity contribution is 0.0730. The number of rotatable bonds is 2. The number of nitrogens with one attached hydrogen (secondary N) is 1. The molecule has 2 aromatic rings. The zero-order chi connectivity index (χ0) is 15.9. The summed E-state index contributed by atoms with van der Waals surface area (Å²) in [6, 6.07) is 1.88. The van der Waals surface area contributed by atoms with Crippen LogP contribution in [0.3, 0.4) is 0 Å². The molecule has 0 saturated carbocycles. The van der Waals surface area contributed by atoms with Crippen LogP contribution in [-0.4, -0.2) is 37.1 Å². The summed E-state index contributed by atoms with van der Waals surface area (Å²) in [5.41, 5.74) is 0.707. The highest BCUT2D eigenvalue weighted by Gasteiger charge is 2.33. The van der Waals surface area contributed by atoms with Crippen LogP contribution >= 0.6 is 0 Å². The smallest absolute Gasteiger partial charge is 0.256 e.